The lowest BCUT2D eigenvalue weighted by Crippen LogP contribution is -2.63. The molecule has 0 aromatic heterocycles. The molecule has 0 aromatic rings. The number of hydrogen-bond donors (Lipinski definition) is 2. The highest BCUT2D eigenvalue weighted by Gasteiger charge is 2.70. The molecule has 1 heterocycles. The van der Waals surface area contributed by atoms with Gasteiger partial charge < -0.3 is 20.5 Å². The van der Waals surface area contributed by atoms with E-state index in [1.54, 1.807) is 6.08 Å². The van der Waals surface area contributed by atoms with Crippen molar-refractivity contribution in [2.45, 2.75) is 110 Å². The summed E-state index contributed by atoms with van der Waals surface area (Å²) in [7, 11) is 0. The van der Waals surface area contributed by atoms with Gasteiger partial charge in [0.2, 0.25) is 5.91 Å². The van der Waals surface area contributed by atoms with Crippen LogP contribution in [0.25, 0.3) is 0 Å². The molecule has 4 rings (SSSR count). The molecule has 41 heavy (non-hydrogen) atoms. The molecule has 232 valence electrons. The van der Waals surface area contributed by atoms with Crippen molar-refractivity contribution < 1.29 is 28.6 Å². The molecule has 4 aliphatic rings. The Bertz CT molecular complexity index is 1040. The summed E-state index contributed by atoms with van der Waals surface area (Å²) in [5.74, 6) is -1.57. The molecule has 6 unspecified atom stereocenters. The number of ketones is 1. The number of Topliss-reactive ketones (excluding diaryl/α,β-unsaturated/α-hetero) is 1. The Morgan fingerprint density at radius 1 is 1.27 bits per heavy atom. The largest absolute Gasteiger partial charge is 0.461 e. The minimum absolute atomic E-state index is 0.0277. The molecule has 1 aliphatic heterocycles. The number of thioether (sulfide) groups is 1. The van der Waals surface area contributed by atoms with Crippen LogP contribution in [0.2, 0.25) is 0 Å². The highest BCUT2D eigenvalue weighted by Crippen LogP contribution is 2.68. The highest BCUT2D eigenvalue weighted by atomic mass is 32.2. The molecule has 9 heteroatoms. The molecule has 0 radical (unpaired) electrons. The number of alkyl halides is 1. The van der Waals surface area contributed by atoms with Crippen LogP contribution in [0, 0.1) is 39.9 Å². The lowest BCUT2D eigenvalue weighted by Gasteiger charge is -2.61. The van der Waals surface area contributed by atoms with Crippen molar-refractivity contribution in [3.63, 3.8) is 0 Å². The SMILES string of the molecule is C=C[C@]1(C)C[C@@H](OC(=O)CSC2CCCN(C(=O)C(N)C(C)C)C2)[C@]2(C)C(C)CCC3(C[C@H](F)C(=O)C32)[C@@H](C)C1O. The topological polar surface area (TPSA) is 110 Å². The maximum Gasteiger partial charge on any atom is 0.316 e. The highest BCUT2D eigenvalue weighted by molar-refractivity contribution is 8.00. The first-order chi connectivity index (χ1) is 19.1. The van der Waals surface area contributed by atoms with Gasteiger partial charge in [-0.3, -0.25) is 14.4 Å². The lowest BCUT2D eigenvalue weighted by atomic mass is 9.44. The van der Waals surface area contributed by atoms with Crippen molar-refractivity contribution in [2.75, 3.05) is 18.8 Å². The summed E-state index contributed by atoms with van der Waals surface area (Å²) >= 11 is 1.49. The van der Waals surface area contributed by atoms with Crippen LogP contribution in [0.3, 0.4) is 0 Å². The first-order valence-electron chi connectivity index (χ1n) is 15.5. The smallest absolute Gasteiger partial charge is 0.316 e. The van der Waals surface area contributed by atoms with Gasteiger partial charge in [0.25, 0.3) is 0 Å². The molecule has 3 aliphatic carbocycles. The summed E-state index contributed by atoms with van der Waals surface area (Å²) in [6.45, 7) is 17.1. The number of nitrogens with two attached hydrogens (primary N) is 1. The first-order valence-corrected chi connectivity index (χ1v) is 16.5. The monoisotopic (exact) mass is 594 g/mol. The predicted molar refractivity (Wildman–Crippen MR) is 160 cm³/mol. The van der Waals surface area contributed by atoms with E-state index in [9.17, 15) is 19.5 Å². The van der Waals surface area contributed by atoms with Gasteiger partial charge in [0.1, 0.15) is 6.10 Å². The van der Waals surface area contributed by atoms with Gasteiger partial charge in [-0.2, -0.15) is 0 Å². The number of ether oxygens (including phenoxy) is 1. The predicted octanol–water partition coefficient (Wildman–Crippen LogP) is 4.55. The number of halogens is 1. The fourth-order valence-electron chi connectivity index (χ4n) is 8.60. The third-order valence-corrected chi connectivity index (χ3v) is 13.0. The number of rotatable bonds is 7. The summed E-state index contributed by atoms with van der Waals surface area (Å²) in [5, 5.41) is 11.8. The van der Waals surface area contributed by atoms with Crippen molar-refractivity contribution >= 4 is 29.4 Å². The number of esters is 1. The first kappa shape index (κ1) is 32.5. The second kappa shape index (κ2) is 11.9. The van der Waals surface area contributed by atoms with Crippen molar-refractivity contribution in [1.82, 2.24) is 4.90 Å². The number of likely N-dealkylation sites (tertiary alicyclic amines) is 1. The number of nitrogens with zero attached hydrogens (tertiary/aromatic N) is 1. The van der Waals surface area contributed by atoms with Crippen molar-refractivity contribution in [1.29, 1.82) is 0 Å². The Kier molecular flexibility index (Phi) is 9.43. The van der Waals surface area contributed by atoms with Crippen LogP contribution in [-0.4, -0.2) is 76.2 Å². The van der Waals surface area contributed by atoms with Gasteiger partial charge >= 0.3 is 5.97 Å². The van der Waals surface area contributed by atoms with Crippen LogP contribution in [0.4, 0.5) is 4.39 Å². The van der Waals surface area contributed by atoms with E-state index in [4.69, 9.17) is 10.5 Å². The summed E-state index contributed by atoms with van der Waals surface area (Å²) in [6.07, 6.45) is 2.26. The Labute approximate surface area is 249 Å². The molecule has 11 atom stereocenters. The lowest BCUT2D eigenvalue weighted by molar-refractivity contribution is -0.205. The van der Waals surface area contributed by atoms with Crippen molar-refractivity contribution in [3.8, 4) is 0 Å². The average Bonchev–Trinajstić information content (AvgIpc) is 3.22. The second-order valence-corrected chi connectivity index (χ2v) is 15.6. The zero-order valence-corrected chi connectivity index (χ0v) is 26.6. The minimum atomic E-state index is -1.57. The number of carbonyl (C=O) groups is 3. The molecule has 3 saturated carbocycles. The standard InChI is InChI=1S/C32H51FN2O5S/c1-8-30(6)15-23(40-24(36)17-41-21-10-9-13-35(16-21)29(39)25(34)18(2)3)31(7)19(4)11-12-32(20(5)28(30)38)14-22(33)26(37)27(31)32/h8,18-23,25,27-28,38H,1,9-17,34H2,2-7H3/t19?,20-,21?,22-,23+,25?,27?,28?,30+,31-,32?/m0/s1. The van der Waals surface area contributed by atoms with Crippen molar-refractivity contribution in [3.05, 3.63) is 12.7 Å². The van der Waals surface area contributed by atoms with Gasteiger partial charge in [0.05, 0.1) is 17.9 Å². The fourth-order valence-corrected chi connectivity index (χ4v) is 9.65. The molecular formula is C32H51FN2O5S. The number of hydrogen-bond acceptors (Lipinski definition) is 7. The average molecular weight is 595 g/mol. The summed E-state index contributed by atoms with van der Waals surface area (Å²) in [6, 6.07) is -0.534. The number of carbonyl (C=O) groups excluding carboxylic acids is 3. The maximum absolute atomic E-state index is 15.3. The zero-order valence-electron chi connectivity index (χ0n) is 25.7. The van der Waals surface area contributed by atoms with E-state index < -0.39 is 52.4 Å². The number of amides is 1. The van der Waals surface area contributed by atoms with Gasteiger partial charge in [-0.25, -0.2) is 4.39 Å². The van der Waals surface area contributed by atoms with E-state index in [2.05, 4.69) is 13.5 Å². The van der Waals surface area contributed by atoms with Crippen LogP contribution >= 0.6 is 11.8 Å². The fraction of sp³-hybridized carbons (Fsp3) is 0.844. The van der Waals surface area contributed by atoms with Gasteiger partial charge in [-0.15, -0.1) is 18.3 Å². The molecular weight excluding hydrogens is 543 g/mol. The summed E-state index contributed by atoms with van der Waals surface area (Å²) < 4.78 is 21.6. The number of piperidine rings is 1. The van der Waals surface area contributed by atoms with E-state index in [0.717, 1.165) is 19.3 Å². The van der Waals surface area contributed by atoms with Crippen LogP contribution in [-0.2, 0) is 19.1 Å². The molecule has 4 fully saturated rings. The molecule has 1 amide bonds. The molecule has 3 N–H and O–H groups in total. The van der Waals surface area contributed by atoms with E-state index in [1.165, 1.54) is 11.8 Å². The summed E-state index contributed by atoms with van der Waals surface area (Å²) in [5.41, 5.74) is 3.89. The quantitative estimate of drug-likeness (QED) is 0.329. The Balaban J connectivity index is 1.55. The zero-order chi connectivity index (χ0) is 30.5. The maximum atomic E-state index is 15.3. The van der Waals surface area contributed by atoms with E-state index in [1.807, 2.05) is 39.5 Å². The van der Waals surface area contributed by atoms with Crippen LogP contribution < -0.4 is 5.73 Å². The van der Waals surface area contributed by atoms with Crippen LogP contribution in [0.5, 0.6) is 0 Å². The number of aliphatic hydroxyl groups excluding tert-OH is 1. The van der Waals surface area contributed by atoms with Crippen LogP contribution in [0.1, 0.15) is 80.1 Å². The van der Waals surface area contributed by atoms with Gasteiger partial charge in [0.15, 0.2) is 12.0 Å². The van der Waals surface area contributed by atoms with Crippen LogP contribution in [0.15, 0.2) is 12.7 Å². The third kappa shape index (κ3) is 5.52. The van der Waals surface area contributed by atoms with Gasteiger partial charge in [-0.1, -0.05) is 47.6 Å². The molecule has 0 spiro atoms. The molecule has 0 aromatic carbocycles. The van der Waals surface area contributed by atoms with Gasteiger partial charge in [-0.05, 0) is 61.7 Å². The molecule has 7 nitrogen and oxygen atoms in total. The number of aliphatic hydroxyl groups is 1. The Hall–Kier alpha value is -1.45. The third-order valence-electron chi connectivity index (χ3n) is 11.7. The van der Waals surface area contributed by atoms with E-state index in [-0.39, 0.29) is 47.1 Å². The van der Waals surface area contributed by atoms with E-state index >= 15 is 4.39 Å². The molecule has 1 saturated heterocycles. The normalized spacial score (nSPS) is 43.6. The minimum Gasteiger partial charge on any atom is -0.461 e. The van der Waals surface area contributed by atoms with Gasteiger partial charge in [0, 0.05) is 35.1 Å². The Morgan fingerprint density at radius 2 is 1.95 bits per heavy atom. The van der Waals surface area contributed by atoms with Crippen molar-refractivity contribution in [2.24, 2.45) is 45.7 Å². The molecule has 2 bridgehead atoms. The Morgan fingerprint density at radius 3 is 2.59 bits per heavy atom. The second-order valence-electron chi connectivity index (χ2n) is 14.3. The summed E-state index contributed by atoms with van der Waals surface area (Å²) in [4.78, 5) is 41.6. The van der Waals surface area contributed by atoms with E-state index in [0.29, 0.717) is 25.9 Å².